The molecule has 0 radical (unpaired) electrons. The van der Waals surface area contributed by atoms with Crippen molar-refractivity contribution in [2.45, 2.75) is 37.8 Å². The lowest BCUT2D eigenvalue weighted by atomic mass is 9.81. The fourth-order valence-electron chi connectivity index (χ4n) is 5.47. The fraction of sp³-hybridized carbons (Fsp3) is 0.292. The van der Waals surface area contributed by atoms with E-state index in [4.69, 9.17) is 28.3 Å². The molecular formula is C24H21Cl2N5O. The summed E-state index contributed by atoms with van der Waals surface area (Å²) in [5.74, 6) is 0.0504. The van der Waals surface area contributed by atoms with Crippen molar-refractivity contribution in [3.05, 3.63) is 75.9 Å². The number of pyridine rings is 1. The molecule has 8 heteroatoms. The molecule has 5 heterocycles. The van der Waals surface area contributed by atoms with Crippen LogP contribution in [-0.4, -0.2) is 36.0 Å². The van der Waals surface area contributed by atoms with Gasteiger partial charge in [-0.05, 0) is 56.0 Å². The molecule has 2 bridgehead atoms. The standard InChI is InChI=1S/C24H21Cl2N5O/c1-29-23(14-8-15(25)10-16(26)9-14)19-11-17-4-2-6-20(22(19)28-29)31(17)24(32)18-5-3-7-30-13-27-12-21(18)30/h3,5,7-10,12-13,17,20H,2,4,6,11H2,1H3/t17-,20+/m0/s1. The SMILES string of the molecule is Cn1nc2c(c1-c1cc(Cl)cc(Cl)c1)C[C@@H]1CCC[C@H]2N1C(=O)c1cccn2cncc12. The van der Waals surface area contributed by atoms with Crippen LogP contribution in [0.5, 0.6) is 0 Å². The molecule has 6 rings (SSSR count). The van der Waals surface area contributed by atoms with E-state index in [9.17, 15) is 4.79 Å². The topological polar surface area (TPSA) is 55.4 Å². The predicted octanol–water partition coefficient (Wildman–Crippen LogP) is 5.33. The maximum atomic E-state index is 13.8. The van der Waals surface area contributed by atoms with E-state index in [2.05, 4.69) is 9.88 Å². The Morgan fingerprint density at radius 2 is 1.97 bits per heavy atom. The van der Waals surface area contributed by atoms with Gasteiger partial charge in [0.2, 0.25) is 0 Å². The van der Waals surface area contributed by atoms with Crippen LogP contribution in [0.4, 0.5) is 0 Å². The van der Waals surface area contributed by atoms with Crippen LogP contribution < -0.4 is 0 Å². The molecule has 6 nitrogen and oxygen atoms in total. The van der Waals surface area contributed by atoms with E-state index in [1.54, 1.807) is 18.6 Å². The summed E-state index contributed by atoms with van der Waals surface area (Å²) >= 11 is 12.6. The number of carbonyl (C=O) groups is 1. The van der Waals surface area contributed by atoms with Crippen LogP contribution in [0.25, 0.3) is 16.8 Å². The van der Waals surface area contributed by atoms with Gasteiger partial charge in [-0.1, -0.05) is 23.2 Å². The second kappa shape index (κ2) is 7.36. The molecule has 1 saturated heterocycles. The number of rotatable bonds is 2. The van der Waals surface area contributed by atoms with Crippen LogP contribution in [0, 0.1) is 0 Å². The minimum Gasteiger partial charge on any atom is -0.327 e. The lowest BCUT2D eigenvalue weighted by Crippen LogP contribution is -2.50. The summed E-state index contributed by atoms with van der Waals surface area (Å²) in [5, 5.41) is 6.11. The Labute approximate surface area is 195 Å². The molecule has 2 aliphatic heterocycles. The molecule has 162 valence electrons. The molecule has 2 atom stereocenters. The summed E-state index contributed by atoms with van der Waals surface area (Å²) in [4.78, 5) is 20.1. The Hall–Kier alpha value is -2.83. The third kappa shape index (κ3) is 2.97. The number of aryl methyl sites for hydroxylation is 1. The normalized spacial score (nSPS) is 19.9. The number of imidazole rings is 1. The first-order chi connectivity index (χ1) is 15.5. The van der Waals surface area contributed by atoms with E-state index in [-0.39, 0.29) is 18.0 Å². The number of halogens is 2. The lowest BCUT2D eigenvalue weighted by molar-refractivity contribution is 0.0393. The highest BCUT2D eigenvalue weighted by molar-refractivity contribution is 6.35. The minimum absolute atomic E-state index is 0.0391. The molecule has 4 aromatic rings. The average molecular weight is 466 g/mol. The zero-order valence-corrected chi connectivity index (χ0v) is 19.0. The van der Waals surface area contributed by atoms with Gasteiger partial charge in [0, 0.05) is 40.5 Å². The molecule has 1 fully saturated rings. The van der Waals surface area contributed by atoms with E-state index in [0.717, 1.165) is 48.2 Å². The monoisotopic (exact) mass is 465 g/mol. The smallest absolute Gasteiger partial charge is 0.256 e. The highest BCUT2D eigenvalue weighted by Gasteiger charge is 2.43. The second-order valence-corrected chi connectivity index (χ2v) is 9.49. The van der Waals surface area contributed by atoms with Gasteiger partial charge in [-0.15, -0.1) is 0 Å². The van der Waals surface area contributed by atoms with Crippen molar-refractivity contribution in [1.82, 2.24) is 24.1 Å². The van der Waals surface area contributed by atoms with Crippen molar-refractivity contribution in [1.29, 1.82) is 0 Å². The Bertz CT molecular complexity index is 1350. The number of benzene rings is 1. The largest absolute Gasteiger partial charge is 0.327 e. The van der Waals surface area contributed by atoms with Gasteiger partial charge in [-0.3, -0.25) is 9.48 Å². The lowest BCUT2D eigenvalue weighted by Gasteiger charge is -2.45. The summed E-state index contributed by atoms with van der Waals surface area (Å²) in [6.07, 6.45) is 9.13. The Morgan fingerprint density at radius 1 is 1.16 bits per heavy atom. The summed E-state index contributed by atoms with van der Waals surface area (Å²) in [6.45, 7) is 0. The summed E-state index contributed by atoms with van der Waals surface area (Å²) in [5.41, 5.74) is 5.70. The zero-order chi connectivity index (χ0) is 22.0. The van der Waals surface area contributed by atoms with Gasteiger partial charge in [0.25, 0.3) is 5.91 Å². The molecule has 0 spiro atoms. The van der Waals surface area contributed by atoms with Gasteiger partial charge < -0.3 is 9.30 Å². The van der Waals surface area contributed by atoms with Gasteiger partial charge in [0.05, 0.1) is 41.0 Å². The molecular weight excluding hydrogens is 445 g/mol. The highest BCUT2D eigenvalue weighted by Crippen LogP contribution is 2.45. The van der Waals surface area contributed by atoms with Crippen molar-refractivity contribution in [2.24, 2.45) is 7.05 Å². The molecule has 1 aromatic carbocycles. The van der Waals surface area contributed by atoms with E-state index in [1.807, 2.05) is 46.6 Å². The number of nitrogens with zero attached hydrogens (tertiary/aromatic N) is 5. The van der Waals surface area contributed by atoms with Crippen molar-refractivity contribution in [3.63, 3.8) is 0 Å². The molecule has 3 aromatic heterocycles. The number of piperidine rings is 1. The molecule has 0 unspecified atom stereocenters. The number of amides is 1. The third-order valence-corrected chi connectivity index (χ3v) is 7.16. The number of hydrogen-bond acceptors (Lipinski definition) is 3. The summed E-state index contributed by atoms with van der Waals surface area (Å²) in [7, 11) is 1.95. The number of carbonyl (C=O) groups excluding carboxylic acids is 1. The minimum atomic E-state index is -0.0391. The van der Waals surface area contributed by atoms with Crippen molar-refractivity contribution in [2.75, 3.05) is 0 Å². The van der Waals surface area contributed by atoms with Crippen LogP contribution in [0.3, 0.4) is 0 Å². The Morgan fingerprint density at radius 3 is 2.78 bits per heavy atom. The predicted molar refractivity (Wildman–Crippen MR) is 124 cm³/mol. The van der Waals surface area contributed by atoms with Gasteiger partial charge in [-0.25, -0.2) is 4.98 Å². The molecule has 0 saturated carbocycles. The van der Waals surface area contributed by atoms with E-state index in [1.165, 1.54) is 5.56 Å². The first kappa shape index (κ1) is 19.8. The van der Waals surface area contributed by atoms with Crippen LogP contribution in [0.1, 0.15) is 46.9 Å². The first-order valence-electron chi connectivity index (χ1n) is 10.8. The van der Waals surface area contributed by atoms with Gasteiger partial charge in [0.1, 0.15) is 0 Å². The van der Waals surface area contributed by atoms with E-state index >= 15 is 0 Å². The Balaban J connectivity index is 1.46. The molecule has 32 heavy (non-hydrogen) atoms. The first-order valence-corrected chi connectivity index (χ1v) is 11.5. The number of fused-ring (bicyclic) bond motifs is 5. The van der Waals surface area contributed by atoms with Crippen LogP contribution in [0.2, 0.25) is 10.0 Å². The van der Waals surface area contributed by atoms with Crippen LogP contribution >= 0.6 is 23.2 Å². The van der Waals surface area contributed by atoms with Crippen molar-refractivity contribution >= 4 is 34.6 Å². The van der Waals surface area contributed by atoms with Gasteiger partial charge in [0.15, 0.2) is 0 Å². The van der Waals surface area contributed by atoms with Crippen molar-refractivity contribution in [3.8, 4) is 11.3 Å². The van der Waals surface area contributed by atoms with Crippen LogP contribution in [0.15, 0.2) is 49.1 Å². The summed E-state index contributed by atoms with van der Waals surface area (Å²) in [6, 6.07) is 9.48. The molecule has 1 amide bonds. The number of hydrogen-bond donors (Lipinski definition) is 0. The molecule has 0 aliphatic carbocycles. The van der Waals surface area contributed by atoms with Crippen LogP contribution in [-0.2, 0) is 13.5 Å². The Kier molecular flexibility index (Phi) is 4.56. The van der Waals surface area contributed by atoms with E-state index < -0.39 is 0 Å². The van der Waals surface area contributed by atoms with E-state index in [0.29, 0.717) is 15.6 Å². The van der Waals surface area contributed by atoms with Crippen molar-refractivity contribution < 1.29 is 4.79 Å². The zero-order valence-electron chi connectivity index (χ0n) is 17.5. The number of aromatic nitrogens is 4. The highest BCUT2D eigenvalue weighted by atomic mass is 35.5. The maximum absolute atomic E-state index is 13.8. The summed E-state index contributed by atoms with van der Waals surface area (Å²) < 4.78 is 3.80. The second-order valence-electron chi connectivity index (χ2n) is 8.62. The van der Waals surface area contributed by atoms with Gasteiger partial charge in [-0.2, -0.15) is 5.10 Å². The quantitative estimate of drug-likeness (QED) is 0.401. The maximum Gasteiger partial charge on any atom is 0.256 e. The average Bonchev–Trinajstić information content (AvgIpc) is 3.36. The third-order valence-electron chi connectivity index (χ3n) is 6.73. The van der Waals surface area contributed by atoms with Gasteiger partial charge >= 0.3 is 0 Å². The molecule has 2 aliphatic rings. The fourth-order valence-corrected chi connectivity index (χ4v) is 6.00. The molecule has 0 N–H and O–H groups in total.